The van der Waals surface area contributed by atoms with E-state index in [1.54, 1.807) is 0 Å². The zero-order chi connectivity index (χ0) is 20.8. The number of aryl methyl sites for hydroxylation is 1. The summed E-state index contributed by atoms with van der Waals surface area (Å²) < 4.78 is 0.182. The molecule has 30 heavy (non-hydrogen) atoms. The molecule has 1 aliphatic heterocycles. The summed E-state index contributed by atoms with van der Waals surface area (Å²) in [5.74, 6) is -1.25. The first-order valence-corrected chi connectivity index (χ1v) is 11.5. The third-order valence-electron chi connectivity index (χ3n) is 6.93. The van der Waals surface area contributed by atoms with Gasteiger partial charge in [-0.05, 0) is 46.9 Å². The fourth-order valence-electron chi connectivity index (χ4n) is 5.65. The van der Waals surface area contributed by atoms with Crippen LogP contribution in [0.1, 0.15) is 33.7 Å². The number of anilines is 1. The molecular weight excluding hydrogens is 506 g/mol. The minimum Gasteiger partial charge on any atom is -0.274 e. The standard InChI is InChI=1S/C25H17Br2NO2/c1-13-10-11-14(12-19(13)26)28-23(29)21-20-15-6-2-4-8-17(15)25(27,22(21)24(28)30)18-9-5-3-7-16(18)20/h2-12,20-22H,1H3/t20?,21-,22-,25?/m1/s1. The Morgan fingerprint density at radius 2 is 1.47 bits per heavy atom. The van der Waals surface area contributed by atoms with Crippen LogP contribution in [-0.2, 0) is 13.9 Å². The van der Waals surface area contributed by atoms with E-state index in [0.717, 1.165) is 32.3 Å². The number of rotatable bonds is 1. The van der Waals surface area contributed by atoms with E-state index in [4.69, 9.17) is 0 Å². The van der Waals surface area contributed by atoms with Crippen molar-refractivity contribution in [3.63, 3.8) is 0 Å². The van der Waals surface area contributed by atoms with Gasteiger partial charge in [-0.3, -0.25) is 9.59 Å². The molecule has 0 unspecified atom stereocenters. The Kier molecular flexibility index (Phi) is 3.79. The predicted octanol–water partition coefficient (Wildman–Crippen LogP) is 5.66. The second kappa shape index (κ2) is 6.14. The van der Waals surface area contributed by atoms with Crippen LogP contribution in [-0.4, -0.2) is 11.8 Å². The number of alkyl halides is 1. The number of halogens is 2. The molecule has 1 saturated heterocycles. The molecule has 0 N–H and O–H groups in total. The van der Waals surface area contributed by atoms with Gasteiger partial charge in [0.2, 0.25) is 11.8 Å². The molecule has 1 fully saturated rings. The third-order valence-corrected chi connectivity index (χ3v) is 9.13. The molecule has 0 radical (unpaired) electrons. The number of carbonyl (C=O) groups is 2. The van der Waals surface area contributed by atoms with Gasteiger partial charge in [-0.1, -0.05) is 86.5 Å². The fourth-order valence-corrected chi connectivity index (χ4v) is 7.22. The molecule has 148 valence electrons. The van der Waals surface area contributed by atoms with Crippen molar-refractivity contribution in [3.05, 3.63) is 99.0 Å². The van der Waals surface area contributed by atoms with Crippen molar-refractivity contribution < 1.29 is 9.59 Å². The first-order valence-electron chi connectivity index (χ1n) is 9.96. The molecule has 3 aliphatic carbocycles. The SMILES string of the molecule is Cc1ccc(N2C(=O)[C@@H]3C4c5ccccc5C(Br)(c5ccccc54)[C@H]3C2=O)cc1Br. The van der Waals surface area contributed by atoms with E-state index < -0.39 is 16.2 Å². The molecule has 2 amide bonds. The Bertz CT molecular complexity index is 1220. The first-order chi connectivity index (χ1) is 14.4. The molecule has 2 bridgehead atoms. The van der Waals surface area contributed by atoms with E-state index in [-0.39, 0.29) is 17.7 Å². The number of carbonyl (C=O) groups excluding carboxylic acids is 2. The van der Waals surface area contributed by atoms with Crippen LogP contribution in [0.3, 0.4) is 0 Å². The van der Waals surface area contributed by atoms with E-state index in [0.29, 0.717) is 5.69 Å². The van der Waals surface area contributed by atoms with Gasteiger partial charge >= 0.3 is 0 Å². The number of nitrogens with zero attached hydrogens (tertiary/aromatic N) is 1. The molecule has 1 heterocycles. The summed E-state index contributed by atoms with van der Waals surface area (Å²) in [5.41, 5.74) is 6.17. The largest absolute Gasteiger partial charge is 0.274 e. The van der Waals surface area contributed by atoms with E-state index in [1.807, 2.05) is 49.4 Å². The molecule has 4 aliphatic rings. The zero-order valence-corrected chi connectivity index (χ0v) is 19.3. The highest BCUT2D eigenvalue weighted by atomic mass is 79.9. The summed E-state index contributed by atoms with van der Waals surface area (Å²) in [6, 6.07) is 22.1. The molecule has 0 aromatic heterocycles. The number of hydrogen-bond donors (Lipinski definition) is 0. The van der Waals surface area contributed by atoms with Crippen LogP contribution in [0, 0.1) is 18.8 Å². The average molecular weight is 523 g/mol. The van der Waals surface area contributed by atoms with Gasteiger partial charge in [-0.15, -0.1) is 0 Å². The van der Waals surface area contributed by atoms with Crippen LogP contribution in [0.15, 0.2) is 71.2 Å². The molecule has 2 atom stereocenters. The van der Waals surface area contributed by atoms with Crippen molar-refractivity contribution in [3.8, 4) is 0 Å². The summed E-state index contributed by atoms with van der Waals surface area (Å²) in [6.45, 7) is 1.99. The third kappa shape index (κ3) is 2.10. The van der Waals surface area contributed by atoms with Gasteiger partial charge < -0.3 is 0 Å². The molecule has 3 aromatic rings. The zero-order valence-electron chi connectivity index (χ0n) is 16.1. The highest BCUT2D eigenvalue weighted by molar-refractivity contribution is 9.10. The quantitative estimate of drug-likeness (QED) is 0.305. The van der Waals surface area contributed by atoms with Crippen LogP contribution in [0.25, 0.3) is 0 Å². The van der Waals surface area contributed by atoms with Gasteiger partial charge in [0.05, 0.1) is 21.8 Å². The van der Waals surface area contributed by atoms with Gasteiger partial charge in [0.1, 0.15) is 0 Å². The van der Waals surface area contributed by atoms with E-state index in [2.05, 4.69) is 56.1 Å². The lowest BCUT2D eigenvalue weighted by atomic mass is 9.55. The van der Waals surface area contributed by atoms with Gasteiger partial charge in [0.15, 0.2) is 0 Å². The maximum atomic E-state index is 13.8. The summed E-state index contributed by atoms with van der Waals surface area (Å²) in [7, 11) is 0. The second-order valence-corrected chi connectivity index (χ2v) is 10.4. The van der Waals surface area contributed by atoms with Crippen molar-refractivity contribution in [1.29, 1.82) is 0 Å². The fraction of sp³-hybridized carbons (Fsp3) is 0.200. The Hall–Kier alpha value is -2.24. The van der Waals surface area contributed by atoms with Gasteiger partial charge in [-0.2, -0.15) is 0 Å². The lowest BCUT2D eigenvalue weighted by Crippen LogP contribution is -2.50. The Balaban J connectivity index is 1.60. The topological polar surface area (TPSA) is 37.4 Å². The van der Waals surface area contributed by atoms with Crippen molar-refractivity contribution in [1.82, 2.24) is 0 Å². The van der Waals surface area contributed by atoms with Crippen molar-refractivity contribution in [2.45, 2.75) is 17.2 Å². The van der Waals surface area contributed by atoms with Crippen LogP contribution in [0.2, 0.25) is 0 Å². The molecule has 0 saturated carbocycles. The van der Waals surface area contributed by atoms with Crippen LogP contribution < -0.4 is 4.90 Å². The summed E-state index contributed by atoms with van der Waals surface area (Å²) in [4.78, 5) is 29.0. The molecule has 7 rings (SSSR count). The van der Waals surface area contributed by atoms with Crippen molar-refractivity contribution in [2.24, 2.45) is 11.8 Å². The molecule has 3 nitrogen and oxygen atoms in total. The smallest absolute Gasteiger partial charge is 0.239 e. The minimum atomic E-state index is -0.705. The Morgan fingerprint density at radius 3 is 2.07 bits per heavy atom. The normalized spacial score (nSPS) is 28.4. The Morgan fingerprint density at radius 1 is 0.867 bits per heavy atom. The van der Waals surface area contributed by atoms with Gasteiger partial charge in [-0.25, -0.2) is 4.90 Å². The highest BCUT2D eigenvalue weighted by Gasteiger charge is 2.67. The lowest BCUT2D eigenvalue weighted by molar-refractivity contribution is -0.122. The first kappa shape index (κ1) is 18.5. The number of benzene rings is 3. The van der Waals surface area contributed by atoms with E-state index in [9.17, 15) is 9.59 Å². The Labute approximate surface area is 191 Å². The summed E-state index contributed by atoms with van der Waals surface area (Å²) >= 11 is 7.57. The van der Waals surface area contributed by atoms with Crippen LogP contribution >= 0.6 is 31.9 Å². The minimum absolute atomic E-state index is 0.112. The van der Waals surface area contributed by atoms with Crippen molar-refractivity contribution >= 4 is 49.4 Å². The highest BCUT2D eigenvalue weighted by Crippen LogP contribution is 2.66. The van der Waals surface area contributed by atoms with Gasteiger partial charge in [0.25, 0.3) is 0 Å². The van der Waals surface area contributed by atoms with Crippen LogP contribution in [0.5, 0.6) is 0 Å². The number of amides is 2. The second-order valence-electron chi connectivity index (χ2n) is 8.31. The average Bonchev–Trinajstić information content (AvgIpc) is 3.02. The van der Waals surface area contributed by atoms with Gasteiger partial charge in [0, 0.05) is 10.4 Å². The summed E-state index contributed by atoms with van der Waals surface area (Å²) in [5, 5.41) is 0. The lowest BCUT2D eigenvalue weighted by Gasteiger charge is -2.51. The molecule has 0 spiro atoms. The van der Waals surface area contributed by atoms with Crippen molar-refractivity contribution in [2.75, 3.05) is 4.90 Å². The van der Waals surface area contributed by atoms with Crippen LogP contribution in [0.4, 0.5) is 5.69 Å². The predicted molar refractivity (Wildman–Crippen MR) is 123 cm³/mol. The monoisotopic (exact) mass is 521 g/mol. The maximum Gasteiger partial charge on any atom is 0.239 e. The van der Waals surface area contributed by atoms with E-state index >= 15 is 0 Å². The number of imide groups is 1. The molecule has 5 heteroatoms. The molecular formula is C25H17Br2NO2. The maximum absolute atomic E-state index is 13.8. The van der Waals surface area contributed by atoms with E-state index in [1.165, 1.54) is 4.90 Å². The molecule has 3 aromatic carbocycles. The number of hydrogen-bond acceptors (Lipinski definition) is 2. The summed E-state index contributed by atoms with van der Waals surface area (Å²) in [6.07, 6.45) is 0.